The second-order valence-corrected chi connectivity index (χ2v) is 7.22. The Balaban J connectivity index is 1.41. The summed E-state index contributed by atoms with van der Waals surface area (Å²) in [4.78, 5) is 29.2. The number of nitrogens with zero attached hydrogens (tertiary/aromatic N) is 4. The van der Waals surface area contributed by atoms with E-state index in [1.54, 1.807) is 0 Å². The van der Waals surface area contributed by atoms with Crippen molar-refractivity contribution in [2.24, 2.45) is 0 Å². The average molecular weight is 365 g/mol. The molecule has 1 aromatic carbocycles. The Hall–Kier alpha value is -2.96. The van der Waals surface area contributed by atoms with Crippen LogP contribution in [0.5, 0.6) is 0 Å². The Morgan fingerprint density at radius 2 is 1.96 bits per heavy atom. The lowest BCUT2D eigenvalue weighted by molar-refractivity contribution is -0.133. The Labute approximate surface area is 157 Å². The zero-order valence-corrected chi connectivity index (χ0v) is 15.6. The number of Topliss-reactive ketones (excluding diaryl/α,β-unsaturated/α-hetero) is 1. The van der Waals surface area contributed by atoms with Crippen LogP contribution in [0.4, 0.5) is 0 Å². The third kappa shape index (κ3) is 3.37. The van der Waals surface area contributed by atoms with Crippen molar-refractivity contribution in [3.63, 3.8) is 0 Å². The summed E-state index contributed by atoms with van der Waals surface area (Å²) in [5.74, 6) is 0.327. The first-order valence-corrected chi connectivity index (χ1v) is 9.29. The van der Waals surface area contributed by atoms with Gasteiger partial charge in [0.15, 0.2) is 5.78 Å². The van der Waals surface area contributed by atoms with Crippen LogP contribution in [-0.2, 0) is 11.3 Å². The Kier molecular flexibility index (Phi) is 4.51. The van der Waals surface area contributed by atoms with E-state index >= 15 is 0 Å². The second-order valence-electron chi connectivity index (χ2n) is 7.22. The van der Waals surface area contributed by atoms with Gasteiger partial charge < -0.3 is 9.88 Å². The highest BCUT2D eigenvalue weighted by molar-refractivity contribution is 5.91. The van der Waals surface area contributed by atoms with Crippen molar-refractivity contribution in [3.05, 3.63) is 47.4 Å². The smallest absolute Gasteiger partial charge is 0.244 e. The van der Waals surface area contributed by atoms with Crippen molar-refractivity contribution in [2.75, 3.05) is 13.1 Å². The highest BCUT2D eigenvalue weighted by Gasteiger charge is 2.27. The number of aryl methyl sites for hydroxylation is 1. The van der Waals surface area contributed by atoms with Crippen molar-refractivity contribution in [2.45, 2.75) is 39.2 Å². The van der Waals surface area contributed by atoms with Gasteiger partial charge in [0.1, 0.15) is 12.2 Å². The number of ketones is 1. The molecule has 4 rings (SSSR count). The second kappa shape index (κ2) is 6.98. The topological polar surface area (TPSA) is 83.9 Å². The van der Waals surface area contributed by atoms with Crippen LogP contribution in [0.2, 0.25) is 0 Å². The maximum atomic E-state index is 12.6. The molecule has 7 nitrogen and oxygen atoms in total. The van der Waals surface area contributed by atoms with Crippen molar-refractivity contribution in [1.29, 1.82) is 0 Å². The van der Waals surface area contributed by atoms with Gasteiger partial charge in [0.2, 0.25) is 5.91 Å². The van der Waals surface area contributed by atoms with E-state index in [0.717, 1.165) is 25.9 Å². The van der Waals surface area contributed by atoms with E-state index in [2.05, 4.69) is 40.4 Å². The molecule has 1 saturated heterocycles. The zero-order valence-electron chi connectivity index (χ0n) is 15.6. The fourth-order valence-corrected chi connectivity index (χ4v) is 4.02. The molecule has 0 radical (unpaired) electrons. The molecule has 1 fully saturated rings. The SMILES string of the molecule is CC(=O)c1cn(CC(=O)N2CCC(c3c(C)[nH]c4ccccc34)CC2)nn1. The number of hydrogen-bond donors (Lipinski definition) is 1. The van der Waals surface area contributed by atoms with Gasteiger partial charge in [-0.1, -0.05) is 23.4 Å². The van der Waals surface area contributed by atoms with E-state index in [1.807, 2.05) is 11.0 Å². The third-order valence-electron chi connectivity index (χ3n) is 5.40. The van der Waals surface area contributed by atoms with Crippen LogP contribution in [0.1, 0.15) is 47.4 Å². The fourth-order valence-electron chi connectivity index (χ4n) is 4.02. The molecule has 1 amide bonds. The lowest BCUT2D eigenvalue weighted by atomic mass is 9.87. The van der Waals surface area contributed by atoms with Gasteiger partial charge in [-0.2, -0.15) is 0 Å². The van der Waals surface area contributed by atoms with Crippen molar-refractivity contribution in [3.8, 4) is 0 Å². The molecule has 0 unspecified atom stereocenters. The summed E-state index contributed by atoms with van der Waals surface area (Å²) in [7, 11) is 0. The number of piperidine rings is 1. The number of likely N-dealkylation sites (tertiary alicyclic amines) is 1. The molecule has 0 aliphatic carbocycles. The summed E-state index contributed by atoms with van der Waals surface area (Å²) in [5, 5.41) is 8.95. The first-order valence-electron chi connectivity index (χ1n) is 9.29. The number of amides is 1. The number of benzene rings is 1. The first-order chi connectivity index (χ1) is 13.0. The largest absolute Gasteiger partial charge is 0.358 e. The Bertz CT molecular complexity index is 995. The lowest BCUT2D eigenvalue weighted by Gasteiger charge is -2.32. The van der Waals surface area contributed by atoms with Crippen molar-refractivity contribution < 1.29 is 9.59 Å². The predicted molar refractivity (Wildman–Crippen MR) is 102 cm³/mol. The van der Waals surface area contributed by atoms with Gasteiger partial charge in [-0.05, 0) is 37.3 Å². The molecule has 0 spiro atoms. The first kappa shape index (κ1) is 17.5. The molecule has 7 heteroatoms. The number of nitrogens with one attached hydrogen (secondary N) is 1. The Morgan fingerprint density at radius 1 is 1.22 bits per heavy atom. The molecule has 3 aromatic rings. The molecule has 0 bridgehead atoms. The predicted octanol–water partition coefficient (Wildman–Crippen LogP) is 2.68. The number of fused-ring (bicyclic) bond motifs is 1. The fraction of sp³-hybridized carbons (Fsp3) is 0.400. The molecule has 1 aliphatic rings. The van der Waals surface area contributed by atoms with E-state index in [4.69, 9.17) is 0 Å². The van der Waals surface area contributed by atoms with Gasteiger partial charge in [0, 0.05) is 36.6 Å². The maximum Gasteiger partial charge on any atom is 0.244 e. The minimum atomic E-state index is -0.149. The number of carbonyl (C=O) groups excluding carboxylic acids is 2. The molecule has 140 valence electrons. The molecule has 3 heterocycles. The molecule has 0 atom stereocenters. The van der Waals surface area contributed by atoms with Crippen molar-refractivity contribution >= 4 is 22.6 Å². The monoisotopic (exact) mass is 365 g/mol. The average Bonchev–Trinajstić information content (AvgIpc) is 3.25. The van der Waals surface area contributed by atoms with Crippen LogP contribution >= 0.6 is 0 Å². The summed E-state index contributed by atoms with van der Waals surface area (Å²) < 4.78 is 1.44. The van der Waals surface area contributed by atoms with Crippen LogP contribution in [0.25, 0.3) is 10.9 Å². The zero-order chi connectivity index (χ0) is 19.0. The van der Waals surface area contributed by atoms with Crippen LogP contribution in [0.15, 0.2) is 30.5 Å². The van der Waals surface area contributed by atoms with E-state index in [9.17, 15) is 9.59 Å². The summed E-state index contributed by atoms with van der Waals surface area (Å²) in [6.07, 6.45) is 3.43. The van der Waals surface area contributed by atoms with E-state index in [1.165, 1.54) is 40.0 Å². The van der Waals surface area contributed by atoms with E-state index < -0.39 is 0 Å². The van der Waals surface area contributed by atoms with Gasteiger partial charge in [0.05, 0.1) is 6.20 Å². The van der Waals surface area contributed by atoms with Gasteiger partial charge in [-0.25, -0.2) is 4.68 Å². The summed E-state index contributed by atoms with van der Waals surface area (Å²) >= 11 is 0. The van der Waals surface area contributed by atoms with E-state index in [-0.39, 0.29) is 23.9 Å². The quantitative estimate of drug-likeness (QED) is 0.721. The molecular weight excluding hydrogens is 342 g/mol. The van der Waals surface area contributed by atoms with Crippen molar-refractivity contribution in [1.82, 2.24) is 24.9 Å². The van der Waals surface area contributed by atoms with Crippen LogP contribution in [-0.4, -0.2) is 49.7 Å². The molecule has 2 aromatic heterocycles. The van der Waals surface area contributed by atoms with Crippen LogP contribution in [0.3, 0.4) is 0 Å². The highest BCUT2D eigenvalue weighted by Crippen LogP contribution is 2.35. The molecule has 0 saturated carbocycles. The number of rotatable bonds is 4. The van der Waals surface area contributed by atoms with E-state index in [0.29, 0.717) is 5.92 Å². The number of aromatic nitrogens is 4. The Morgan fingerprint density at radius 3 is 2.67 bits per heavy atom. The van der Waals surface area contributed by atoms with Gasteiger partial charge in [-0.3, -0.25) is 9.59 Å². The molecule has 1 N–H and O–H groups in total. The van der Waals surface area contributed by atoms with Crippen LogP contribution in [0, 0.1) is 6.92 Å². The normalized spacial score (nSPS) is 15.4. The molecular formula is C20H23N5O2. The van der Waals surface area contributed by atoms with Crippen LogP contribution < -0.4 is 0 Å². The maximum absolute atomic E-state index is 12.6. The lowest BCUT2D eigenvalue weighted by Crippen LogP contribution is -2.39. The minimum Gasteiger partial charge on any atom is -0.358 e. The summed E-state index contributed by atoms with van der Waals surface area (Å²) in [6, 6.07) is 8.40. The van der Waals surface area contributed by atoms with Gasteiger partial charge >= 0.3 is 0 Å². The highest BCUT2D eigenvalue weighted by atomic mass is 16.2. The number of hydrogen-bond acceptors (Lipinski definition) is 4. The minimum absolute atomic E-state index is 0.0177. The summed E-state index contributed by atoms with van der Waals surface area (Å²) in [6.45, 7) is 5.16. The standard InChI is InChI=1S/C20H23N5O2/c1-13-20(16-5-3-4-6-17(16)21-13)15-7-9-24(10-8-15)19(27)12-25-11-18(14(2)26)22-23-25/h3-6,11,15,21H,7-10,12H2,1-2H3. The molecule has 1 aliphatic heterocycles. The number of aromatic amines is 1. The number of H-pyrrole nitrogens is 1. The third-order valence-corrected chi connectivity index (χ3v) is 5.40. The van der Waals surface area contributed by atoms with Gasteiger partial charge in [0.25, 0.3) is 0 Å². The molecule has 27 heavy (non-hydrogen) atoms. The number of para-hydroxylation sites is 1. The van der Waals surface area contributed by atoms with Gasteiger partial charge in [-0.15, -0.1) is 5.10 Å². The number of carbonyl (C=O) groups is 2. The summed E-state index contributed by atoms with van der Waals surface area (Å²) in [5.41, 5.74) is 4.08.